The van der Waals surface area contributed by atoms with Gasteiger partial charge in [-0.25, -0.2) is 4.39 Å². The molecule has 2 nitrogen and oxygen atoms in total. The first-order valence-corrected chi connectivity index (χ1v) is 3.41. The van der Waals surface area contributed by atoms with Gasteiger partial charge in [0.05, 0.1) is 0 Å². The maximum atomic E-state index is 12.4. The van der Waals surface area contributed by atoms with Crippen molar-refractivity contribution in [2.24, 2.45) is 0 Å². The van der Waals surface area contributed by atoms with E-state index >= 15 is 0 Å². The molecule has 62 valence electrons. The van der Waals surface area contributed by atoms with E-state index in [-0.39, 0.29) is 5.82 Å². The third-order valence-electron chi connectivity index (χ3n) is 1.31. The zero-order chi connectivity index (χ0) is 8.97. The molecule has 0 spiro atoms. The molecule has 0 saturated carbocycles. The highest BCUT2D eigenvalue weighted by atomic mass is 19.1. The Labute approximate surface area is 69.9 Å². The summed E-state index contributed by atoms with van der Waals surface area (Å²) < 4.78 is 13.1. The summed E-state index contributed by atoms with van der Waals surface area (Å²) in [6.45, 7) is 3.20. The molecule has 0 saturated heterocycles. The van der Waals surface area contributed by atoms with E-state index in [9.17, 15) is 4.39 Å². The topological polar surface area (TPSA) is 23.2 Å². The van der Waals surface area contributed by atoms with Crippen molar-refractivity contribution < 1.29 is 14.3 Å². The van der Waals surface area contributed by atoms with Crippen LogP contribution in [0.1, 0.15) is 5.56 Å². The van der Waals surface area contributed by atoms with Gasteiger partial charge in [-0.3, -0.25) is 5.21 Å². The number of hydroxylamine groups is 1. The van der Waals surface area contributed by atoms with E-state index in [0.29, 0.717) is 4.74 Å². The fourth-order valence-corrected chi connectivity index (χ4v) is 0.746. The van der Waals surface area contributed by atoms with Gasteiger partial charge in [-0.1, -0.05) is 12.1 Å². The van der Waals surface area contributed by atoms with Crippen molar-refractivity contribution in [3.8, 4) is 0 Å². The molecular formula is C9H9FNO+. The Balaban J connectivity index is 2.77. The van der Waals surface area contributed by atoms with E-state index in [4.69, 9.17) is 5.21 Å². The molecule has 0 unspecified atom stereocenters. The lowest BCUT2D eigenvalue weighted by atomic mass is 10.2. The van der Waals surface area contributed by atoms with Crippen LogP contribution in [0.3, 0.4) is 0 Å². The van der Waals surface area contributed by atoms with Crippen LogP contribution in [-0.4, -0.2) is 16.7 Å². The fourth-order valence-electron chi connectivity index (χ4n) is 0.746. The van der Waals surface area contributed by atoms with Crippen molar-refractivity contribution in [1.82, 2.24) is 0 Å². The maximum Gasteiger partial charge on any atom is 0.222 e. The predicted molar refractivity (Wildman–Crippen MR) is 44.6 cm³/mol. The quantitative estimate of drug-likeness (QED) is 0.308. The van der Waals surface area contributed by atoms with Crippen LogP contribution in [0.25, 0.3) is 6.08 Å². The number of hydrogen-bond donors (Lipinski definition) is 1. The summed E-state index contributed by atoms with van der Waals surface area (Å²) in [6.07, 6.45) is 2.99. The normalized spacial score (nSPS) is 10.4. The van der Waals surface area contributed by atoms with Crippen molar-refractivity contribution in [3.05, 3.63) is 41.8 Å². The van der Waals surface area contributed by atoms with Crippen LogP contribution in [0.15, 0.2) is 30.5 Å². The van der Waals surface area contributed by atoms with Gasteiger partial charge in [-0.2, -0.15) is 0 Å². The van der Waals surface area contributed by atoms with Crippen LogP contribution in [0.2, 0.25) is 0 Å². The van der Waals surface area contributed by atoms with Crippen LogP contribution in [0, 0.1) is 5.82 Å². The number of halogens is 1. The Morgan fingerprint density at radius 1 is 1.33 bits per heavy atom. The monoisotopic (exact) mass is 166 g/mol. The lowest BCUT2D eigenvalue weighted by molar-refractivity contribution is -0.718. The second-order valence-corrected chi connectivity index (χ2v) is 2.31. The zero-order valence-corrected chi connectivity index (χ0v) is 6.44. The van der Waals surface area contributed by atoms with Gasteiger partial charge < -0.3 is 0 Å². The van der Waals surface area contributed by atoms with E-state index in [0.717, 1.165) is 5.56 Å². The highest BCUT2D eigenvalue weighted by Crippen LogP contribution is 2.03. The van der Waals surface area contributed by atoms with Gasteiger partial charge in [0.2, 0.25) is 6.20 Å². The fraction of sp³-hybridized carbons (Fsp3) is 0. The van der Waals surface area contributed by atoms with E-state index in [1.807, 2.05) is 0 Å². The second kappa shape index (κ2) is 3.67. The molecule has 1 aromatic carbocycles. The predicted octanol–water partition coefficient (Wildman–Crippen LogP) is 1.90. The molecule has 1 aromatic rings. The summed E-state index contributed by atoms with van der Waals surface area (Å²) in [7, 11) is 0. The molecule has 0 aliphatic rings. The Hall–Kier alpha value is -1.64. The van der Waals surface area contributed by atoms with Gasteiger partial charge in [-0.05, 0) is 22.4 Å². The minimum Gasteiger partial charge on any atom is -0.286 e. The molecule has 3 heteroatoms. The standard InChI is InChI=1S/C9H9FNO/c1-11(12)7-6-8-2-4-9(10)5-3-8/h2-7,12H,1H2/q+1/b7-6+. The average molecular weight is 166 g/mol. The average Bonchev–Trinajstić information content (AvgIpc) is 2.03. The van der Waals surface area contributed by atoms with E-state index < -0.39 is 0 Å². The summed E-state index contributed by atoms with van der Waals surface area (Å²) >= 11 is 0. The molecule has 0 bridgehead atoms. The molecule has 0 fully saturated rings. The van der Waals surface area contributed by atoms with Crippen LogP contribution < -0.4 is 0 Å². The number of nitrogens with zero attached hydrogens (tertiary/aromatic N) is 1. The van der Waals surface area contributed by atoms with Crippen LogP contribution >= 0.6 is 0 Å². The van der Waals surface area contributed by atoms with Crippen molar-refractivity contribution >= 4 is 12.8 Å². The third kappa shape index (κ3) is 2.54. The first kappa shape index (κ1) is 8.46. The molecule has 0 atom stereocenters. The number of hydrogen-bond acceptors (Lipinski definition) is 1. The smallest absolute Gasteiger partial charge is 0.222 e. The molecule has 1 rings (SSSR count). The summed E-state index contributed by atoms with van der Waals surface area (Å²) in [5.41, 5.74) is 0.805. The molecule has 0 aliphatic carbocycles. The Morgan fingerprint density at radius 2 is 1.92 bits per heavy atom. The molecule has 0 radical (unpaired) electrons. The molecule has 0 heterocycles. The third-order valence-corrected chi connectivity index (χ3v) is 1.31. The second-order valence-electron chi connectivity index (χ2n) is 2.31. The van der Waals surface area contributed by atoms with Crippen molar-refractivity contribution in [2.45, 2.75) is 0 Å². The lowest BCUT2D eigenvalue weighted by Gasteiger charge is -1.89. The Bertz CT molecular complexity index is 303. The van der Waals surface area contributed by atoms with Gasteiger partial charge in [-0.15, -0.1) is 0 Å². The molecule has 0 aromatic heterocycles. The molecular weight excluding hydrogens is 157 g/mol. The molecule has 12 heavy (non-hydrogen) atoms. The van der Waals surface area contributed by atoms with Crippen molar-refractivity contribution in [2.75, 3.05) is 0 Å². The molecule has 1 N–H and O–H groups in total. The molecule has 0 amide bonds. The first-order valence-electron chi connectivity index (χ1n) is 3.41. The zero-order valence-electron chi connectivity index (χ0n) is 6.44. The lowest BCUT2D eigenvalue weighted by Crippen LogP contribution is -1.89. The van der Waals surface area contributed by atoms with Gasteiger partial charge in [0, 0.05) is 6.08 Å². The number of benzene rings is 1. The Morgan fingerprint density at radius 3 is 2.42 bits per heavy atom. The highest BCUT2D eigenvalue weighted by Gasteiger charge is 1.90. The van der Waals surface area contributed by atoms with Crippen molar-refractivity contribution in [3.63, 3.8) is 0 Å². The first-order chi connectivity index (χ1) is 5.68. The van der Waals surface area contributed by atoms with Crippen molar-refractivity contribution in [1.29, 1.82) is 0 Å². The largest absolute Gasteiger partial charge is 0.286 e. The minimum atomic E-state index is -0.275. The van der Waals surface area contributed by atoms with Gasteiger partial charge >= 0.3 is 0 Å². The van der Waals surface area contributed by atoms with Gasteiger partial charge in [0.25, 0.3) is 0 Å². The van der Waals surface area contributed by atoms with Gasteiger partial charge in [0.1, 0.15) is 5.82 Å². The minimum absolute atomic E-state index is 0.275. The summed E-state index contributed by atoms with van der Waals surface area (Å²) in [5.74, 6) is -0.275. The van der Waals surface area contributed by atoms with Crippen LogP contribution in [0.5, 0.6) is 0 Å². The van der Waals surface area contributed by atoms with E-state index in [1.54, 1.807) is 18.2 Å². The van der Waals surface area contributed by atoms with Crippen LogP contribution in [-0.2, 0) is 0 Å². The summed E-state index contributed by atoms with van der Waals surface area (Å²) in [4.78, 5) is 0. The molecule has 0 aliphatic heterocycles. The Kier molecular flexibility index (Phi) is 2.58. The summed E-state index contributed by atoms with van der Waals surface area (Å²) in [5, 5.41) is 8.63. The van der Waals surface area contributed by atoms with E-state index in [2.05, 4.69) is 6.72 Å². The maximum absolute atomic E-state index is 12.4. The van der Waals surface area contributed by atoms with Gasteiger partial charge in [0.15, 0.2) is 6.72 Å². The van der Waals surface area contributed by atoms with Crippen LogP contribution in [0.4, 0.5) is 4.39 Å². The summed E-state index contributed by atoms with van der Waals surface area (Å²) in [6, 6.07) is 5.92. The SMILES string of the molecule is C=[N+](O)/C=C/c1ccc(F)cc1. The van der Waals surface area contributed by atoms with E-state index in [1.165, 1.54) is 18.3 Å². The highest BCUT2D eigenvalue weighted by molar-refractivity contribution is 5.47. The number of rotatable bonds is 2.